The SMILES string of the molecule is NC1CCc2ccc(Oc3ccccc3)cc2NC1=O. The molecule has 3 N–H and O–H groups in total. The van der Waals surface area contributed by atoms with E-state index >= 15 is 0 Å². The van der Waals surface area contributed by atoms with Gasteiger partial charge in [0, 0.05) is 11.8 Å². The summed E-state index contributed by atoms with van der Waals surface area (Å²) in [4.78, 5) is 11.8. The summed E-state index contributed by atoms with van der Waals surface area (Å²) >= 11 is 0. The Morgan fingerprint density at radius 2 is 1.90 bits per heavy atom. The molecule has 0 bridgehead atoms. The number of hydrogen-bond donors (Lipinski definition) is 2. The van der Waals surface area contributed by atoms with E-state index in [2.05, 4.69) is 5.32 Å². The molecule has 0 spiro atoms. The molecule has 0 saturated heterocycles. The van der Waals surface area contributed by atoms with Gasteiger partial charge >= 0.3 is 0 Å². The second-order valence-electron chi connectivity index (χ2n) is 4.87. The van der Waals surface area contributed by atoms with Gasteiger partial charge in [-0.1, -0.05) is 24.3 Å². The number of para-hydroxylation sites is 1. The average Bonchev–Trinajstić information content (AvgIpc) is 2.60. The molecule has 1 heterocycles. The number of nitrogens with two attached hydrogens (primary N) is 1. The summed E-state index contributed by atoms with van der Waals surface area (Å²) in [5.74, 6) is 1.33. The van der Waals surface area contributed by atoms with Gasteiger partial charge in [-0.3, -0.25) is 4.79 Å². The quantitative estimate of drug-likeness (QED) is 0.880. The first kappa shape index (κ1) is 12.7. The molecule has 1 atom stereocenters. The molecule has 0 aliphatic carbocycles. The third kappa shape index (κ3) is 2.65. The Morgan fingerprint density at radius 3 is 2.70 bits per heavy atom. The number of amides is 1. The van der Waals surface area contributed by atoms with Crippen LogP contribution >= 0.6 is 0 Å². The van der Waals surface area contributed by atoms with Crippen molar-refractivity contribution in [1.82, 2.24) is 0 Å². The third-order valence-electron chi connectivity index (χ3n) is 3.38. The van der Waals surface area contributed by atoms with E-state index in [0.717, 1.165) is 23.4 Å². The number of carbonyl (C=O) groups excluding carboxylic acids is 1. The first-order valence-corrected chi connectivity index (χ1v) is 6.64. The van der Waals surface area contributed by atoms with Crippen LogP contribution < -0.4 is 15.8 Å². The fraction of sp³-hybridized carbons (Fsp3) is 0.188. The van der Waals surface area contributed by atoms with Crippen LogP contribution in [0.2, 0.25) is 0 Å². The van der Waals surface area contributed by atoms with Gasteiger partial charge in [0.15, 0.2) is 0 Å². The van der Waals surface area contributed by atoms with Crippen LogP contribution in [0.5, 0.6) is 11.5 Å². The molecule has 2 aromatic carbocycles. The van der Waals surface area contributed by atoms with Crippen molar-refractivity contribution in [2.45, 2.75) is 18.9 Å². The van der Waals surface area contributed by atoms with Crippen LogP contribution in [0.1, 0.15) is 12.0 Å². The molecular weight excluding hydrogens is 252 g/mol. The van der Waals surface area contributed by atoms with Gasteiger partial charge in [-0.15, -0.1) is 0 Å². The van der Waals surface area contributed by atoms with Crippen LogP contribution in [0.4, 0.5) is 5.69 Å². The minimum atomic E-state index is -0.444. The van der Waals surface area contributed by atoms with Crippen LogP contribution in [0.15, 0.2) is 48.5 Å². The predicted octanol–water partition coefficient (Wildman–Crippen LogP) is 2.69. The normalized spacial score (nSPS) is 17.9. The highest BCUT2D eigenvalue weighted by atomic mass is 16.5. The van der Waals surface area contributed by atoms with Crippen molar-refractivity contribution >= 4 is 11.6 Å². The van der Waals surface area contributed by atoms with Crippen molar-refractivity contribution in [3.8, 4) is 11.5 Å². The van der Waals surface area contributed by atoms with Gasteiger partial charge in [0.2, 0.25) is 5.91 Å². The molecule has 0 fully saturated rings. The lowest BCUT2D eigenvalue weighted by Gasteiger charge is -2.11. The van der Waals surface area contributed by atoms with E-state index in [0.29, 0.717) is 12.2 Å². The highest BCUT2D eigenvalue weighted by molar-refractivity contribution is 5.96. The van der Waals surface area contributed by atoms with Crippen molar-refractivity contribution in [1.29, 1.82) is 0 Å². The number of nitrogens with one attached hydrogen (secondary N) is 1. The van der Waals surface area contributed by atoms with E-state index in [1.807, 2.05) is 48.5 Å². The van der Waals surface area contributed by atoms with Gasteiger partial charge in [0.05, 0.1) is 6.04 Å². The third-order valence-corrected chi connectivity index (χ3v) is 3.38. The van der Waals surface area contributed by atoms with E-state index in [-0.39, 0.29) is 5.91 Å². The van der Waals surface area contributed by atoms with Gasteiger partial charge in [0.25, 0.3) is 0 Å². The second-order valence-corrected chi connectivity index (χ2v) is 4.87. The number of carbonyl (C=O) groups is 1. The molecular formula is C16H16N2O2. The Hall–Kier alpha value is -2.33. The van der Waals surface area contributed by atoms with Crippen molar-refractivity contribution in [3.63, 3.8) is 0 Å². The minimum absolute atomic E-state index is 0.138. The van der Waals surface area contributed by atoms with Gasteiger partial charge in [0.1, 0.15) is 11.5 Å². The molecule has 1 amide bonds. The fourth-order valence-corrected chi connectivity index (χ4v) is 2.25. The van der Waals surface area contributed by atoms with Crippen LogP contribution in [-0.2, 0) is 11.2 Å². The Morgan fingerprint density at radius 1 is 1.10 bits per heavy atom. The summed E-state index contributed by atoms with van der Waals surface area (Å²) in [6.07, 6.45) is 1.46. The van der Waals surface area contributed by atoms with Crippen molar-refractivity contribution in [2.24, 2.45) is 5.73 Å². The minimum Gasteiger partial charge on any atom is -0.457 e. The maximum absolute atomic E-state index is 11.8. The first-order chi connectivity index (χ1) is 9.72. The van der Waals surface area contributed by atoms with Gasteiger partial charge in [-0.05, 0) is 36.6 Å². The molecule has 102 valence electrons. The first-order valence-electron chi connectivity index (χ1n) is 6.64. The number of aryl methyl sites for hydroxylation is 1. The molecule has 1 aliphatic heterocycles. The molecule has 4 heteroatoms. The number of fused-ring (bicyclic) bond motifs is 1. The van der Waals surface area contributed by atoms with E-state index in [1.54, 1.807) is 0 Å². The lowest BCUT2D eigenvalue weighted by atomic mass is 10.1. The van der Waals surface area contributed by atoms with Gasteiger partial charge in [-0.2, -0.15) is 0 Å². The van der Waals surface area contributed by atoms with Crippen molar-refractivity contribution < 1.29 is 9.53 Å². The molecule has 0 saturated carbocycles. The Kier molecular flexibility index (Phi) is 3.39. The summed E-state index contributed by atoms with van der Waals surface area (Å²) < 4.78 is 5.76. The summed E-state index contributed by atoms with van der Waals surface area (Å²) in [6.45, 7) is 0. The lowest BCUT2D eigenvalue weighted by Crippen LogP contribution is -2.34. The summed E-state index contributed by atoms with van der Waals surface area (Å²) in [5.41, 5.74) is 7.65. The Labute approximate surface area is 117 Å². The smallest absolute Gasteiger partial charge is 0.241 e. The van der Waals surface area contributed by atoms with E-state index < -0.39 is 6.04 Å². The second kappa shape index (κ2) is 5.35. The molecule has 1 aliphatic rings. The monoisotopic (exact) mass is 268 g/mol. The fourth-order valence-electron chi connectivity index (χ4n) is 2.25. The van der Waals surface area contributed by atoms with Crippen LogP contribution in [0.25, 0.3) is 0 Å². The molecule has 4 nitrogen and oxygen atoms in total. The lowest BCUT2D eigenvalue weighted by molar-refractivity contribution is -0.117. The average molecular weight is 268 g/mol. The molecule has 3 rings (SSSR count). The molecule has 0 radical (unpaired) electrons. The van der Waals surface area contributed by atoms with Crippen LogP contribution in [0, 0.1) is 0 Å². The Bertz CT molecular complexity index is 626. The van der Waals surface area contributed by atoms with Crippen LogP contribution in [0.3, 0.4) is 0 Å². The molecule has 2 aromatic rings. The zero-order valence-electron chi connectivity index (χ0n) is 11.0. The van der Waals surface area contributed by atoms with Gasteiger partial charge < -0.3 is 15.8 Å². The van der Waals surface area contributed by atoms with E-state index in [9.17, 15) is 4.79 Å². The zero-order valence-corrected chi connectivity index (χ0v) is 11.0. The largest absolute Gasteiger partial charge is 0.457 e. The zero-order chi connectivity index (χ0) is 13.9. The maximum atomic E-state index is 11.8. The van der Waals surface area contributed by atoms with E-state index in [1.165, 1.54) is 0 Å². The highest BCUT2D eigenvalue weighted by Gasteiger charge is 2.20. The molecule has 0 aromatic heterocycles. The topological polar surface area (TPSA) is 64.3 Å². The number of benzene rings is 2. The maximum Gasteiger partial charge on any atom is 0.241 e. The van der Waals surface area contributed by atoms with Crippen molar-refractivity contribution in [2.75, 3.05) is 5.32 Å². The standard InChI is InChI=1S/C16H16N2O2/c17-14-9-7-11-6-8-13(10-15(11)18-16(14)19)20-12-4-2-1-3-5-12/h1-6,8,10,14H,7,9,17H2,(H,18,19). The predicted molar refractivity (Wildman–Crippen MR) is 77.9 cm³/mol. The van der Waals surface area contributed by atoms with Crippen molar-refractivity contribution in [3.05, 3.63) is 54.1 Å². The number of hydrogen-bond acceptors (Lipinski definition) is 3. The summed E-state index contributed by atoms with van der Waals surface area (Å²) in [7, 11) is 0. The summed E-state index contributed by atoms with van der Waals surface area (Å²) in [5, 5.41) is 2.85. The van der Waals surface area contributed by atoms with E-state index in [4.69, 9.17) is 10.5 Å². The number of rotatable bonds is 2. The highest BCUT2D eigenvalue weighted by Crippen LogP contribution is 2.29. The number of ether oxygens (including phenoxy) is 1. The Balaban J connectivity index is 1.86. The number of anilines is 1. The summed E-state index contributed by atoms with van der Waals surface area (Å²) in [6, 6.07) is 14.8. The van der Waals surface area contributed by atoms with Gasteiger partial charge in [-0.25, -0.2) is 0 Å². The molecule has 20 heavy (non-hydrogen) atoms. The molecule has 1 unspecified atom stereocenters. The van der Waals surface area contributed by atoms with Crippen LogP contribution in [-0.4, -0.2) is 11.9 Å².